The SMILES string of the molecule is CC(C)(C)Cc1cccc(C=O)c1O. The summed E-state index contributed by atoms with van der Waals surface area (Å²) in [6.45, 7) is 6.29. The molecule has 0 unspecified atom stereocenters. The Bertz CT molecular complexity index is 335. The lowest BCUT2D eigenvalue weighted by Gasteiger charge is -2.19. The van der Waals surface area contributed by atoms with Gasteiger partial charge in [0.1, 0.15) is 5.75 Å². The highest BCUT2D eigenvalue weighted by Crippen LogP contribution is 2.28. The number of aromatic hydroxyl groups is 1. The van der Waals surface area contributed by atoms with Gasteiger partial charge in [0.15, 0.2) is 6.29 Å². The van der Waals surface area contributed by atoms with Crippen molar-refractivity contribution < 1.29 is 9.90 Å². The summed E-state index contributed by atoms with van der Waals surface area (Å²) in [4.78, 5) is 10.6. The van der Waals surface area contributed by atoms with Crippen LogP contribution >= 0.6 is 0 Å². The molecule has 1 aromatic carbocycles. The van der Waals surface area contributed by atoms with Crippen LogP contribution in [0.1, 0.15) is 36.7 Å². The highest BCUT2D eigenvalue weighted by molar-refractivity contribution is 5.79. The van der Waals surface area contributed by atoms with Crippen molar-refractivity contribution in [3.8, 4) is 5.75 Å². The van der Waals surface area contributed by atoms with Gasteiger partial charge in [0.2, 0.25) is 0 Å². The van der Waals surface area contributed by atoms with Crippen molar-refractivity contribution in [2.75, 3.05) is 0 Å². The van der Waals surface area contributed by atoms with Gasteiger partial charge in [0, 0.05) is 0 Å². The normalized spacial score (nSPS) is 11.4. The Labute approximate surface area is 84.6 Å². The molecule has 0 spiro atoms. The first-order valence-electron chi connectivity index (χ1n) is 4.70. The van der Waals surface area contributed by atoms with Crippen molar-refractivity contribution >= 4 is 6.29 Å². The monoisotopic (exact) mass is 192 g/mol. The van der Waals surface area contributed by atoms with Crippen LogP contribution in [0.3, 0.4) is 0 Å². The molecule has 0 amide bonds. The lowest BCUT2D eigenvalue weighted by molar-refractivity contribution is 0.112. The number of phenolic OH excluding ortho intramolecular Hbond substituents is 1. The Balaban J connectivity index is 3.04. The largest absolute Gasteiger partial charge is 0.507 e. The first-order valence-corrected chi connectivity index (χ1v) is 4.70. The van der Waals surface area contributed by atoms with E-state index in [1.165, 1.54) is 0 Å². The molecule has 0 bridgehead atoms. The summed E-state index contributed by atoms with van der Waals surface area (Å²) in [7, 11) is 0. The van der Waals surface area contributed by atoms with Gasteiger partial charge in [-0.3, -0.25) is 4.79 Å². The zero-order chi connectivity index (χ0) is 10.8. The van der Waals surface area contributed by atoms with Crippen LogP contribution in [-0.2, 0) is 6.42 Å². The number of hydrogen-bond acceptors (Lipinski definition) is 2. The van der Waals surface area contributed by atoms with E-state index in [0.29, 0.717) is 11.8 Å². The van der Waals surface area contributed by atoms with Gasteiger partial charge in [-0.2, -0.15) is 0 Å². The minimum atomic E-state index is 0.110. The fourth-order valence-corrected chi connectivity index (χ4v) is 1.42. The van der Waals surface area contributed by atoms with Gasteiger partial charge in [-0.15, -0.1) is 0 Å². The molecule has 0 aliphatic rings. The molecule has 0 saturated heterocycles. The molecule has 0 heterocycles. The molecule has 0 aromatic heterocycles. The molecule has 0 aliphatic carbocycles. The van der Waals surface area contributed by atoms with Gasteiger partial charge in [-0.05, 0) is 23.5 Å². The zero-order valence-corrected chi connectivity index (χ0v) is 8.87. The molecule has 1 aromatic rings. The Kier molecular flexibility index (Phi) is 2.94. The quantitative estimate of drug-likeness (QED) is 0.731. The maximum Gasteiger partial charge on any atom is 0.153 e. The average Bonchev–Trinajstić information content (AvgIpc) is 2.06. The van der Waals surface area contributed by atoms with Crippen LogP contribution in [0.15, 0.2) is 18.2 Å². The molecule has 2 nitrogen and oxygen atoms in total. The fraction of sp³-hybridized carbons (Fsp3) is 0.417. The molecule has 2 heteroatoms. The van der Waals surface area contributed by atoms with E-state index >= 15 is 0 Å². The number of benzene rings is 1. The van der Waals surface area contributed by atoms with Crippen LogP contribution in [0.2, 0.25) is 0 Å². The molecule has 0 atom stereocenters. The predicted octanol–water partition coefficient (Wildman–Crippen LogP) is 2.79. The van der Waals surface area contributed by atoms with Crippen molar-refractivity contribution in [3.05, 3.63) is 29.3 Å². The molecule has 0 saturated carbocycles. The van der Waals surface area contributed by atoms with Crippen molar-refractivity contribution in [3.63, 3.8) is 0 Å². The minimum absolute atomic E-state index is 0.110. The van der Waals surface area contributed by atoms with Crippen LogP contribution in [0.25, 0.3) is 0 Å². The minimum Gasteiger partial charge on any atom is -0.507 e. The molecule has 76 valence electrons. The number of carbonyl (C=O) groups excluding carboxylic acids is 1. The number of para-hydroxylation sites is 1. The summed E-state index contributed by atoms with van der Waals surface area (Å²) < 4.78 is 0. The highest BCUT2D eigenvalue weighted by Gasteiger charge is 2.15. The van der Waals surface area contributed by atoms with Crippen LogP contribution < -0.4 is 0 Å². The van der Waals surface area contributed by atoms with Crippen molar-refractivity contribution in [1.29, 1.82) is 0 Å². The number of aldehydes is 1. The van der Waals surface area contributed by atoms with Gasteiger partial charge in [0.25, 0.3) is 0 Å². The molecule has 0 fully saturated rings. The Hall–Kier alpha value is -1.31. The maximum absolute atomic E-state index is 10.6. The third kappa shape index (κ3) is 2.59. The Morgan fingerprint density at radius 3 is 2.50 bits per heavy atom. The smallest absolute Gasteiger partial charge is 0.153 e. The zero-order valence-electron chi connectivity index (χ0n) is 8.87. The van der Waals surface area contributed by atoms with E-state index in [1.54, 1.807) is 12.1 Å². The molecule has 0 radical (unpaired) electrons. The van der Waals surface area contributed by atoms with Crippen molar-refractivity contribution in [2.45, 2.75) is 27.2 Å². The first-order chi connectivity index (χ1) is 6.44. The van der Waals surface area contributed by atoms with Crippen molar-refractivity contribution in [1.82, 2.24) is 0 Å². The van der Waals surface area contributed by atoms with E-state index in [2.05, 4.69) is 20.8 Å². The second-order valence-electron chi connectivity index (χ2n) is 4.71. The van der Waals surface area contributed by atoms with E-state index in [0.717, 1.165) is 12.0 Å². The number of carbonyl (C=O) groups is 1. The second-order valence-corrected chi connectivity index (χ2v) is 4.71. The van der Waals surface area contributed by atoms with Gasteiger partial charge in [-0.25, -0.2) is 0 Å². The van der Waals surface area contributed by atoms with E-state index in [-0.39, 0.29) is 11.2 Å². The summed E-state index contributed by atoms with van der Waals surface area (Å²) in [6, 6.07) is 5.27. The number of phenols is 1. The molecule has 1 N–H and O–H groups in total. The predicted molar refractivity (Wildman–Crippen MR) is 56.7 cm³/mol. The topological polar surface area (TPSA) is 37.3 Å². The van der Waals surface area contributed by atoms with Gasteiger partial charge >= 0.3 is 0 Å². The first kappa shape index (κ1) is 10.8. The van der Waals surface area contributed by atoms with E-state index < -0.39 is 0 Å². The maximum atomic E-state index is 10.6. The second kappa shape index (κ2) is 3.82. The summed E-state index contributed by atoms with van der Waals surface area (Å²) in [6.07, 6.45) is 1.45. The van der Waals surface area contributed by atoms with Gasteiger partial charge in [0.05, 0.1) is 5.56 Å². The lowest BCUT2D eigenvalue weighted by atomic mass is 9.87. The van der Waals surface area contributed by atoms with Crippen molar-refractivity contribution in [2.24, 2.45) is 5.41 Å². The summed E-state index contributed by atoms with van der Waals surface area (Å²) in [5.74, 6) is 0.123. The van der Waals surface area contributed by atoms with Crippen LogP contribution in [0.5, 0.6) is 5.75 Å². The van der Waals surface area contributed by atoms with Crippen LogP contribution in [0, 0.1) is 5.41 Å². The summed E-state index contributed by atoms with van der Waals surface area (Å²) in [5, 5.41) is 9.72. The van der Waals surface area contributed by atoms with E-state index in [1.807, 2.05) is 6.07 Å². The number of hydrogen-bond donors (Lipinski definition) is 1. The standard InChI is InChI=1S/C12H16O2/c1-12(2,3)7-9-5-4-6-10(8-13)11(9)14/h4-6,8,14H,7H2,1-3H3. The van der Waals surface area contributed by atoms with Crippen LogP contribution in [0.4, 0.5) is 0 Å². The van der Waals surface area contributed by atoms with Gasteiger partial charge in [-0.1, -0.05) is 32.9 Å². The third-order valence-electron chi connectivity index (χ3n) is 2.00. The Morgan fingerprint density at radius 1 is 1.36 bits per heavy atom. The Morgan fingerprint density at radius 2 is 2.00 bits per heavy atom. The summed E-state index contributed by atoms with van der Waals surface area (Å²) in [5.41, 5.74) is 1.31. The summed E-state index contributed by atoms with van der Waals surface area (Å²) >= 11 is 0. The fourth-order valence-electron chi connectivity index (χ4n) is 1.42. The molecule has 1 rings (SSSR count). The third-order valence-corrected chi connectivity index (χ3v) is 2.00. The van der Waals surface area contributed by atoms with E-state index in [9.17, 15) is 9.90 Å². The molecule has 0 aliphatic heterocycles. The van der Waals surface area contributed by atoms with Gasteiger partial charge < -0.3 is 5.11 Å². The highest BCUT2D eigenvalue weighted by atomic mass is 16.3. The molecular weight excluding hydrogens is 176 g/mol. The molecular formula is C12H16O2. The van der Waals surface area contributed by atoms with Crippen LogP contribution in [-0.4, -0.2) is 11.4 Å². The molecule has 14 heavy (non-hydrogen) atoms. The lowest BCUT2D eigenvalue weighted by Crippen LogP contribution is -2.09. The van der Waals surface area contributed by atoms with E-state index in [4.69, 9.17) is 0 Å². The average molecular weight is 192 g/mol. The number of rotatable bonds is 2.